The highest BCUT2D eigenvalue weighted by Crippen LogP contribution is 2.32. The quantitative estimate of drug-likeness (QED) is 0.220. The summed E-state index contributed by atoms with van der Waals surface area (Å²) < 4.78 is 4.99. The predicted octanol–water partition coefficient (Wildman–Crippen LogP) is 3.62. The van der Waals surface area contributed by atoms with E-state index in [1.165, 1.54) is 24.3 Å². The zero-order valence-electron chi connectivity index (χ0n) is 17.9. The molecule has 14 nitrogen and oxygen atoms in total. The topological polar surface area (TPSA) is 192 Å². The highest BCUT2D eigenvalue weighted by Gasteiger charge is 2.25. The summed E-state index contributed by atoms with van der Waals surface area (Å²) in [7, 11) is 0. The lowest BCUT2D eigenvalue weighted by molar-refractivity contribution is -0.384. The third-order valence-electron chi connectivity index (χ3n) is 4.38. The number of nitro benzene ring substituents is 1. The van der Waals surface area contributed by atoms with Crippen molar-refractivity contribution < 1.29 is 24.2 Å². The first-order valence-corrected chi connectivity index (χ1v) is 10.1. The van der Waals surface area contributed by atoms with Gasteiger partial charge in [-0.05, 0) is 31.2 Å². The maximum Gasteiger partial charge on any atom is 0.355 e. The Morgan fingerprint density at radius 3 is 2.46 bits per heavy atom. The molecule has 1 aromatic heterocycles. The van der Waals surface area contributed by atoms with Crippen molar-refractivity contribution >= 4 is 52.2 Å². The molecule has 15 heteroatoms. The summed E-state index contributed by atoms with van der Waals surface area (Å²) >= 11 is 5.74. The second-order valence-electron chi connectivity index (χ2n) is 6.57. The van der Waals surface area contributed by atoms with Gasteiger partial charge in [0, 0.05) is 11.6 Å². The second-order valence-corrected chi connectivity index (χ2v) is 6.98. The Kier molecular flexibility index (Phi) is 7.68. The number of benzene rings is 2. The van der Waals surface area contributed by atoms with Crippen molar-refractivity contribution in [2.45, 2.75) is 6.92 Å². The number of carbonyl (C=O) groups is 2. The van der Waals surface area contributed by atoms with Crippen LogP contribution in [0.15, 0.2) is 48.8 Å². The first-order chi connectivity index (χ1) is 16.7. The Balaban J connectivity index is 1.87. The standard InChI is InChI=1S/C20H16ClN7O7/c1-2-35-20(30)12-5-3-4-6-14(12)24-17-16(28(33)34)18(23-10-22-17)25-26-19(29)11-7-8-13(21)15(9-11)27(31)32/h3-10H,2H2,1H3,(H,26,29)(H2,22,23,24,25). The van der Waals surface area contributed by atoms with Gasteiger partial charge in [-0.25, -0.2) is 14.8 Å². The van der Waals surface area contributed by atoms with Crippen molar-refractivity contribution in [3.05, 3.63) is 85.2 Å². The molecule has 1 heterocycles. The van der Waals surface area contributed by atoms with Crippen molar-refractivity contribution in [2.75, 3.05) is 17.3 Å². The van der Waals surface area contributed by atoms with E-state index in [0.717, 1.165) is 12.4 Å². The molecular formula is C20H16ClN7O7. The number of rotatable bonds is 9. The molecule has 0 fully saturated rings. The van der Waals surface area contributed by atoms with Crippen LogP contribution < -0.4 is 16.2 Å². The van der Waals surface area contributed by atoms with Gasteiger partial charge >= 0.3 is 11.7 Å². The monoisotopic (exact) mass is 501 g/mol. The molecule has 0 aliphatic rings. The summed E-state index contributed by atoms with van der Waals surface area (Å²) in [5.74, 6) is -2.16. The molecule has 0 aliphatic carbocycles. The fourth-order valence-electron chi connectivity index (χ4n) is 2.82. The van der Waals surface area contributed by atoms with Crippen LogP contribution in [-0.4, -0.2) is 38.3 Å². The first-order valence-electron chi connectivity index (χ1n) is 9.75. The van der Waals surface area contributed by atoms with Gasteiger partial charge in [0.15, 0.2) is 0 Å². The zero-order valence-corrected chi connectivity index (χ0v) is 18.6. The van der Waals surface area contributed by atoms with Gasteiger partial charge < -0.3 is 10.1 Å². The van der Waals surface area contributed by atoms with E-state index >= 15 is 0 Å². The number of amides is 1. The molecule has 0 aliphatic heterocycles. The zero-order chi connectivity index (χ0) is 25.5. The molecule has 3 rings (SSSR count). The Morgan fingerprint density at radius 1 is 1.06 bits per heavy atom. The lowest BCUT2D eigenvalue weighted by atomic mass is 10.2. The average Bonchev–Trinajstić information content (AvgIpc) is 2.83. The van der Waals surface area contributed by atoms with E-state index < -0.39 is 38.9 Å². The number of carbonyl (C=O) groups excluding carboxylic acids is 2. The molecule has 0 bridgehead atoms. The van der Waals surface area contributed by atoms with Crippen LogP contribution in [0.4, 0.5) is 28.7 Å². The third kappa shape index (κ3) is 5.75. The number of esters is 1. The van der Waals surface area contributed by atoms with E-state index in [9.17, 15) is 29.8 Å². The lowest BCUT2D eigenvalue weighted by Gasteiger charge is -2.13. The minimum atomic E-state index is -0.847. The van der Waals surface area contributed by atoms with Crippen LogP contribution in [0.25, 0.3) is 0 Å². The minimum absolute atomic E-state index is 0.120. The summed E-state index contributed by atoms with van der Waals surface area (Å²) in [5.41, 5.74) is 3.54. The van der Waals surface area contributed by atoms with Crippen LogP contribution in [0.2, 0.25) is 5.02 Å². The summed E-state index contributed by atoms with van der Waals surface area (Å²) in [6.45, 7) is 1.77. The van der Waals surface area contributed by atoms with Crippen molar-refractivity contribution in [3.8, 4) is 0 Å². The Morgan fingerprint density at radius 2 is 1.77 bits per heavy atom. The number of hydrazine groups is 1. The van der Waals surface area contributed by atoms with E-state index in [1.807, 2.05) is 0 Å². The van der Waals surface area contributed by atoms with Crippen molar-refractivity contribution in [3.63, 3.8) is 0 Å². The molecule has 0 radical (unpaired) electrons. The van der Waals surface area contributed by atoms with Crippen LogP contribution in [0.1, 0.15) is 27.6 Å². The number of nitro groups is 2. The Hall–Kier alpha value is -4.85. The molecule has 3 aromatic rings. The van der Waals surface area contributed by atoms with Crippen LogP contribution in [-0.2, 0) is 4.74 Å². The van der Waals surface area contributed by atoms with Crippen molar-refractivity contribution in [2.24, 2.45) is 0 Å². The number of anilines is 3. The SMILES string of the molecule is CCOC(=O)c1ccccc1Nc1ncnc(NNC(=O)c2ccc(Cl)c([N+](=O)[O-])c2)c1[N+](=O)[O-]. The van der Waals surface area contributed by atoms with Gasteiger partial charge in [-0.3, -0.25) is 35.9 Å². The van der Waals surface area contributed by atoms with Gasteiger partial charge in [0.1, 0.15) is 11.3 Å². The number of ether oxygens (including phenoxy) is 1. The van der Waals surface area contributed by atoms with Gasteiger partial charge in [0.2, 0.25) is 11.6 Å². The molecule has 1 amide bonds. The van der Waals surface area contributed by atoms with Gasteiger partial charge in [0.25, 0.3) is 11.6 Å². The van der Waals surface area contributed by atoms with Crippen LogP contribution in [0.5, 0.6) is 0 Å². The molecule has 0 spiro atoms. The first kappa shape index (κ1) is 24.8. The van der Waals surface area contributed by atoms with Gasteiger partial charge in [0.05, 0.1) is 27.7 Å². The predicted molar refractivity (Wildman–Crippen MR) is 124 cm³/mol. The summed E-state index contributed by atoms with van der Waals surface area (Å²) in [5, 5.41) is 25.4. The lowest BCUT2D eigenvalue weighted by Crippen LogP contribution is -2.30. The Labute approximate surface area is 201 Å². The molecule has 0 atom stereocenters. The molecule has 0 saturated heterocycles. The average molecular weight is 502 g/mol. The largest absolute Gasteiger partial charge is 0.462 e. The number of hydrogen-bond donors (Lipinski definition) is 3. The maximum absolute atomic E-state index is 12.4. The van der Waals surface area contributed by atoms with Crippen LogP contribution in [0.3, 0.4) is 0 Å². The van der Waals surface area contributed by atoms with Gasteiger partial charge in [-0.2, -0.15) is 0 Å². The number of nitrogens with one attached hydrogen (secondary N) is 3. The van der Waals surface area contributed by atoms with Crippen molar-refractivity contribution in [1.29, 1.82) is 0 Å². The summed E-state index contributed by atoms with van der Waals surface area (Å²) in [4.78, 5) is 53.5. The second kappa shape index (κ2) is 10.8. The van der Waals surface area contributed by atoms with E-state index in [0.29, 0.717) is 0 Å². The van der Waals surface area contributed by atoms with E-state index in [2.05, 4.69) is 26.1 Å². The smallest absolute Gasteiger partial charge is 0.355 e. The van der Waals surface area contributed by atoms with Crippen molar-refractivity contribution in [1.82, 2.24) is 15.4 Å². The van der Waals surface area contributed by atoms with Gasteiger partial charge in [-0.1, -0.05) is 23.7 Å². The normalized spacial score (nSPS) is 10.2. The molecule has 180 valence electrons. The number of halogens is 1. The molecular weight excluding hydrogens is 486 g/mol. The molecule has 35 heavy (non-hydrogen) atoms. The minimum Gasteiger partial charge on any atom is -0.462 e. The maximum atomic E-state index is 12.4. The molecule has 2 aromatic carbocycles. The number of hydrogen-bond acceptors (Lipinski definition) is 11. The number of aromatic nitrogens is 2. The fourth-order valence-corrected chi connectivity index (χ4v) is 3.01. The third-order valence-corrected chi connectivity index (χ3v) is 4.70. The van der Waals surface area contributed by atoms with E-state index in [4.69, 9.17) is 16.3 Å². The highest BCUT2D eigenvalue weighted by molar-refractivity contribution is 6.32. The number of nitrogens with zero attached hydrogens (tertiary/aromatic N) is 4. The van der Waals surface area contributed by atoms with Gasteiger partial charge in [-0.15, -0.1) is 0 Å². The molecule has 3 N–H and O–H groups in total. The fraction of sp³-hybridized carbons (Fsp3) is 0.100. The Bertz CT molecular complexity index is 1320. The number of para-hydroxylation sites is 1. The molecule has 0 saturated carbocycles. The van der Waals surface area contributed by atoms with Crippen LogP contribution >= 0.6 is 11.6 Å². The highest BCUT2D eigenvalue weighted by atomic mass is 35.5. The van der Waals surface area contributed by atoms with E-state index in [1.54, 1.807) is 19.1 Å². The van der Waals surface area contributed by atoms with E-state index in [-0.39, 0.29) is 34.3 Å². The summed E-state index contributed by atoms with van der Waals surface area (Å²) in [6.07, 6.45) is 0.990. The summed E-state index contributed by atoms with van der Waals surface area (Å²) in [6, 6.07) is 9.52. The molecule has 0 unspecified atom stereocenters. The van der Waals surface area contributed by atoms with Crippen LogP contribution in [0, 0.1) is 20.2 Å².